The standard InChI is InChI=1S/C44H23N3S3.C22H11ClN2S2.C22H13NS/c1-2-13-27-26(12-1)37-28-14-3-7-17-32(28)47(41(37)38-29-15-5-9-19-34(29)49-42(27)38)44-45-39(43-40(46-44)30-16-6-10-20-35(30)50-43)24-21-22-36-31(23-24)25-11-4-8-18-33(25)48-36;23-22-24-19(21-20(25-22)14-6-2-4-8-17(14)27-21)12-9-10-18-15(11-12)13-5-1-3-7-16(13)26-18;1-2-8-14-13(7-1)19-15-9-3-5-11-17(15)23-21(19)20-16-10-4-6-12-18(16)24-22(14)20/h1-23H;1-11H;1-12,23H. The van der Waals surface area contributed by atoms with Gasteiger partial charge in [0.2, 0.25) is 11.2 Å². The van der Waals surface area contributed by atoms with Gasteiger partial charge in [-0.1, -0.05) is 206 Å². The van der Waals surface area contributed by atoms with Crippen LogP contribution >= 0.6 is 79.6 Å². The normalized spacial score (nSPS) is 12.2. The predicted octanol–water partition coefficient (Wildman–Crippen LogP) is 27.9. The summed E-state index contributed by atoms with van der Waals surface area (Å²) in [6, 6.07) is 100. The lowest BCUT2D eigenvalue weighted by Gasteiger charge is -2.12. The Balaban J connectivity index is 0.000000106. The van der Waals surface area contributed by atoms with Crippen LogP contribution in [0.15, 0.2) is 279 Å². The Hall–Kier alpha value is -11.0. The molecule has 0 amide bonds. The summed E-state index contributed by atoms with van der Waals surface area (Å²) in [7, 11) is 0. The van der Waals surface area contributed by atoms with Crippen molar-refractivity contribution in [2.24, 2.45) is 0 Å². The van der Waals surface area contributed by atoms with E-state index in [1.807, 2.05) is 51.4 Å². The van der Waals surface area contributed by atoms with Gasteiger partial charge in [0.25, 0.3) is 0 Å². The van der Waals surface area contributed by atoms with Crippen LogP contribution in [0, 0.1) is 0 Å². The van der Waals surface area contributed by atoms with Gasteiger partial charge in [0.15, 0.2) is 0 Å². The van der Waals surface area contributed by atoms with Gasteiger partial charge in [-0.05, 0) is 95.2 Å². The lowest BCUT2D eigenvalue weighted by molar-refractivity contribution is 1.02. The largest absolute Gasteiger partial charge is 0.354 e. The number of H-pyrrole nitrogens is 1. The van der Waals surface area contributed by atoms with Crippen LogP contribution in [0.2, 0.25) is 5.28 Å². The molecule has 1 N–H and O–H groups in total. The van der Waals surface area contributed by atoms with Gasteiger partial charge >= 0.3 is 0 Å². The lowest BCUT2D eigenvalue weighted by Crippen LogP contribution is -2.03. The van der Waals surface area contributed by atoms with Gasteiger partial charge in [-0.3, -0.25) is 4.57 Å². The molecule has 24 rings (SSSR count). The fourth-order valence-corrected chi connectivity index (χ4v) is 22.8. The molecule has 10 heterocycles. The number of nitrogens with one attached hydrogen (secondary N) is 1. The van der Waals surface area contributed by atoms with Crippen molar-refractivity contribution in [3.05, 3.63) is 284 Å². The van der Waals surface area contributed by atoms with Crippen LogP contribution in [0.3, 0.4) is 0 Å². The fraction of sp³-hybridized carbons (Fsp3) is 0. The second kappa shape index (κ2) is 22.5. The maximum atomic E-state index is 6.31. The van der Waals surface area contributed by atoms with Crippen LogP contribution in [-0.4, -0.2) is 29.5 Å². The minimum atomic E-state index is 0.288. The second-order valence-corrected chi connectivity index (χ2v) is 32.3. The van der Waals surface area contributed by atoms with Crippen LogP contribution in [0.25, 0.3) is 215 Å². The summed E-state index contributed by atoms with van der Waals surface area (Å²) in [4.78, 5) is 23.9. The molecule has 0 saturated carbocycles. The Bertz CT molecular complexity index is 7650. The molecule has 472 valence electrons. The number of aromatic amines is 1. The summed E-state index contributed by atoms with van der Waals surface area (Å²) >= 11 is 17.3. The number of hydrogen-bond donors (Lipinski definition) is 1. The quantitative estimate of drug-likeness (QED) is 0.179. The van der Waals surface area contributed by atoms with Crippen LogP contribution in [-0.2, 0) is 0 Å². The van der Waals surface area contributed by atoms with Gasteiger partial charge in [0.05, 0.1) is 48.4 Å². The third kappa shape index (κ3) is 8.77. The number of halogens is 1. The number of fused-ring (bicyclic) bond motifs is 32. The molecule has 0 spiro atoms. The number of hydrogen-bond acceptors (Lipinski definition) is 10. The monoisotopic (exact) mass is 1410 g/mol. The zero-order valence-electron chi connectivity index (χ0n) is 53.1. The van der Waals surface area contributed by atoms with E-state index in [-0.39, 0.29) is 5.28 Å². The fourth-order valence-electron chi connectivity index (χ4n) is 15.7. The highest BCUT2D eigenvalue weighted by Crippen LogP contribution is 2.51. The van der Waals surface area contributed by atoms with E-state index in [0.717, 1.165) is 59.2 Å². The topological polar surface area (TPSA) is 72.3 Å². The number of benzene rings is 14. The minimum absolute atomic E-state index is 0.288. The first-order chi connectivity index (χ1) is 50.0. The Morgan fingerprint density at radius 1 is 0.277 bits per heavy atom. The molecule has 0 fully saturated rings. The molecule has 13 heteroatoms. The van der Waals surface area contributed by atoms with Crippen molar-refractivity contribution in [3.8, 4) is 28.5 Å². The summed E-state index contributed by atoms with van der Waals surface area (Å²) in [5.41, 5.74) is 10.7. The number of thiophene rings is 6. The number of rotatable bonds is 3. The SMILES string of the molecule is Clc1nc(-c2ccc3sc4ccccc4c3c2)c2sc3ccccc3c2n1.c1ccc2c(c1)[nH]c1c2c2ccccc2c2sc3ccccc3c12.c1ccc2c(c1)sc1ccc(-c3nc(-n4c5ccccc5c5c6ccccc6c6sc7ccccc7c6c54)nc4c3sc3ccccc34)cc12. The van der Waals surface area contributed by atoms with E-state index in [1.165, 1.54) is 150 Å². The van der Waals surface area contributed by atoms with E-state index in [2.05, 4.69) is 293 Å². The number of aromatic nitrogens is 6. The molecule has 10 aromatic heterocycles. The first-order valence-corrected chi connectivity index (χ1v) is 38.6. The Kier molecular flexibility index (Phi) is 12.9. The van der Waals surface area contributed by atoms with Crippen molar-refractivity contribution in [3.63, 3.8) is 0 Å². The van der Waals surface area contributed by atoms with E-state index in [4.69, 9.17) is 21.6 Å². The number of nitrogens with zero attached hydrogens (tertiary/aromatic N) is 5. The first-order valence-electron chi connectivity index (χ1n) is 33.3. The molecular formula is C88H47ClN6S6. The smallest absolute Gasteiger partial charge is 0.235 e. The van der Waals surface area contributed by atoms with E-state index in [0.29, 0.717) is 5.95 Å². The molecular weight excluding hydrogens is 1370 g/mol. The predicted molar refractivity (Wildman–Crippen MR) is 442 cm³/mol. The average Bonchev–Trinajstić information content (AvgIpc) is 1.58. The maximum Gasteiger partial charge on any atom is 0.235 e. The Morgan fingerprint density at radius 3 is 1.25 bits per heavy atom. The highest BCUT2D eigenvalue weighted by molar-refractivity contribution is 7.28. The lowest BCUT2D eigenvalue weighted by atomic mass is 10.00. The summed E-state index contributed by atoms with van der Waals surface area (Å²) in [6.07, 6.45) is 0. The molecule has 0 bridgehead atoms. The molecule has 0 saturated heterocycles. The van der Waals surface area contributed by atoms with Crippen LogP contribution in [0.4, 0.5) is 0 Å². The van der Waals surface area contributed by atoms with Crippen LogP contribution in [0.1, 0.15) is 0 Å². The minimum Gasteiger partial charge on any atom is -0.354 e. The first kappa shape index (κ1) is 57.8. The molecule has 0 unspecified atom stereocenters. The van der Waals surface area contributed by atoms with Crippen molar-refractivity contribution in [2.45, 2.75) is 0 Å². The van der Waals surface area contributed by atoms with Crippen molar-refractivity contribution >= 4 is 266 Å². The van der Waals surface area contributed by atoms with Crippen molar-refractivity contribution in [1.82, 2.24) is 29.5 Å². The molecule has 0 aliphatic heterocycles. The summed E-state index contributed by atoms with van der Waals surface area (Å²) in [6.45, 7) is 0. The molecule has 14 aromatic carbocycles. The molecule has 24 aromatic rings. The van der Waals surface area contributed by atoms with Crippen molar-refractivity contribution in [1.29, 1.82) is 0 Å². The van der Waals surface area contributed by atoms with Gasteiger partial charge in [-0.25, -0.2) is 19.9 Å². The summed E-state index contributed by atoms with van der Waals surface area (Å²) in [5, 5.41) is 23.3. The van der Waals surface area contributed by atoms with Gasteiger partial charge in [0, 0.05) is 150 Å². The van der Waals surface area contributed by atoms with Gasteiger partial charge < -0.3 is 4.98 Å². The van der Waals surface area contributed by atoms with Crippen molar-refractivity contribution < 1.29 is 0 Å². The number of para-hydroxylation sites is 2. The van der Waals surface area contributed by atoms with Gasteiger partial charge in [-0.15, -0.1) is 68.0 Å². The molecule has 101 heavy (non-hydrogen) atoms. The van der Waals surface area contributed by atoms with Gasteiger partial charge in [0.1, 0.15) is 0 Å². The third-order valence-corrected chi connectivity index (χ3v) is 27.3. The molecule has 0 atom stereocenters. The van der Waals surface area contributed by atoms with Crippen molar-refractivity contribution in [2.75, 3.05) is 0 Å². The molecule has 6 nitrogen and oxygen atoms in total. The highest BCUT2D eigenvalue weighted by atomic mass is 35.5. The van der Waals surface area contributed by atoms with Crippen LogP contribution < -0.4 is 0 Å². The van der Waals surface area contributed by atoms with Gasteiger partial charge in [-0.2, -0.15) is 0 Å². The maximum absolute atomic E-state index is 6.31. The van der Waals surface area contributed by atoms with E-state index in [9.17, 15) is 0 Å². The third-order valence-electron chi connectivity index (χ3n) is 20.0. The highest BCUT2D eigenvalue weighted by Gasteiger charge is 2.26. The van der Waals surface area contributed by atoms with E-state index in [1.54, 1.807) is 22.7 Å². The Morgan fingerprint density at radius 2 is 0.673 bits per heavy atom. The van der Waals surface area contributed by atoms with E-state index < -0.39 is 0 Å². The summed E-state index contributed by atoms with van der Waals surface area (Å²) < 4.78 is 17.5. The molecule has 0 aliphatic rings. The second-order valence-electron chi connectivity index (χ2n) is 25.6. The Labute approximate surface area is 603 Å². The van der Waals surface area contributed by atoms with Crippen LogP contribution in [0.5, 0.6) is 0 Å². The molecule has 0 aliphatic carbocycles. The zero-order valence-corrected chi connectivity index (χ0v) is 58.8. The summed E-state index contributed by atoms with van der Waals surface area (Å²) in [5.74, 6) is 0.699. The van der Waals surface area contributed by atoms with E-state index >= 15 is 0 Å². The average molecular weight is 1420 g/mol. The molecule has 0 radical (unpaired) electrons. The zero-order chi connectivity index (χ0) is 66.1.